The zero-order valence-corrected chi connectivity index (χ0v) is 9.37. The molecule has 0 unspecified atom stereocenters. The average molecular weight is 255 g/mol. The quantitative estimate of drug-likeness (QED) is 0.802. The summed E-state index contributed by atoms with van der Waals surface area (Å²) >= 11 is 0. The Hall–Kier alpha value is -1.98. The summed E-state index contributed by atoms with van der Waals surface area (Å²) in [7, 11) is 0. The van der Waals surface area contributed by atoms with Crippen molar-refractivity contribution in [2.75, 3.05) is 0 Å². The van der Waals surface area contributed by atoms with Gasteiger partial charge in [0.2, 0.25) is 5.91 Å². The Morgan fingerprint density at radius 1 is 1.33 bits per heavy atom. The van der Waals surface area contributed by atoms with Crippen LogP contribution in [-0.4, -0.2) is 17.0 Å². The van der Waals surface area contributed by atoms with Crippen LogP contribution in [0.2, 0.25) is 0 Å². The van der Waals surface area contributed by atoms with Gasteiger partial charge in [0.05, 0.1) is 5.54 Å². The molecule has 1 aliphatic carbocycles. The highest BCUT2D eigenvalue weighted by Gasteiger charge is 2.47. The molecule has 0 saturated heterocycles. The fourth-order valence-corrected chi connectivity index (χ4v) is 1.91. The van der Waals surface area contributed by atoms with Crippen LogP contribution in [-0.2, 0) is 15.1 Å². The molecular weight excluding hydrogens is 244 g/mol. The average Bonchev–Trinajstić information content (AvgIpc) is 2.96. The molecule has 1 saturated carbocycles. The van der Waals surface area contributed by atoms with Gasteiger partial charge in [0, 0.05) is 11.6 Å². The predicted octanol–water partition coefficient (Wildman–Crippen LogP) is 1.54. The highest BCUT2D eigenvalue weighted by Crippen LogP contribution is 2.46. The van der Waals surface area contributed by atoms with Gasteiger partial charge in [-0.3, -0.25) is 9.59 Å². The van der Waals surface area contributed by atoms with E-state index in [2.05, 4.69) is 5.32 Å². The first kappa shape index (κ1) is 12.5. The van der Waals surface area contributed by atoms with Crippen LogP contribution in [0.5, 0.6) is 0 Å². The third-order valence-corrected chi connectivity index (χ3v) is 2.89. The van der Waals surface area contributed by atoms with E-state index in [0.29, 0.717) is 12.8 Å². The van der Waals surface area contributed by atoms with Crippen molar-refractivity contribution in [1.29, 1.82) is 0 Å². The lowest BCUT2D eigenvalue weighted by molar-refractivity contribution is -0.140. The highest BCUT2D eigenvalue weighted by molar-refractivity contribution is 5.93. The molecule has 0 atom stereocenters. The van der Waals surface area contributed by atoms with Crippen LogP contribution in [0.1, 0.15) is 24.8 Å². The van der Waals surface area contributed by atoms with Crippen LogP contribution in [0, 0.1) is 11.6 Å². The molecule has 1 aliphatic rings. The van der Waals surface area contributed by atoms with Gasteiger partial charge in [-0.15, -0.1) is 0 Å². The third kappa shape index (κ3) is 2.47. The number of carboxylic acid groups (broad SMARTS) is 1. The summed E-state index contributed by atoms with van der Waals surface area (Å²) in [6.07, 6.45) is 0.367. The molecule has 0 aliphatic heterocycles. The molecular formula is C12H11F2NO3. The molecule has 1 fully saturated rings. The Labute approximate surface area is 102 Å². The van der Waals surface area contributed by atoms with Crippen LogP contribution in [0.3, 0.4) is 0 Å². The van der Waals surface area contributed by atoms with Gasteiger partial charge >= 0.3 is 5.97 Å². The van der Waals surface area contributed by atoms with Crippen molar-refractivity contribution in [2.24, 2.45) is 0 Å². The number of carbonyl (C=O) groups excluding carboxylic acids is 1. The summed E-state index contributed by atoms with van der Waals surface area (Å²) in [4.78, 5) is 21.8. The number of carboxylic acids is 1. The molecule has 0 bridgehead atoms. The fraction of sp³-hybridized carbons (Fsp3) is 0.333. The van der Waals surface area contributed by atoms with Crippen LogP contribution in [0.25, 0.3) is 0 Å². The van der Waals surface area contributed by atoms with Gasteiger partial charge in [-0.05, 0) is 18.9 Å². The van der Waals surface area contributed by atoms with Crippen LogP contribution >= 0.6 is 0 Å². The number of nitrogens with one attached hydrogen (secondary N) is 1. The molecule has 4 nitrogen and oxygen atoms in total. The van der Waals surface area contributed by atoms with Crippen molar-refractivity contribution in [3.63, 3.8) is 0 Å². The van der Waals surface area contributed by atoms with Gasteiger partial charge in [0.15, 0.2) is 0 Å². The van der Waals surface area contributed by atoms with E-state index in [4.69, 9.17) is 5.11 Å². The number of hydrogen-bond donors (Lipinski definition) is 2. The van der Waals surface area contributed by atoms with Crippen molar-refractivity contribution in [2.45, 2.75) is 24.8 Å². The second kappa shape index (κ2) is 4.36. The molecule has 1 aromatic carbocycles. The topological polar surface area (TPSA) is 66.4 Å². The fourth-order valence-electron chi connectivity index (χ4n) is 1.91. The lowest BCUT2D eigenvalue weighted by atomic mass is 10.0. The first-order chi connectivity index (χ1) is 8.43. The number of rotatable bonds is 4. The smallest absolute Gasteiger partial charge is 0.312 e. The Kier molecular flexibility index (Phi) is 3.02. The summed E-state index contributed by atoms with van der Waals surface area (Å²) in [5.74, 6) is -3.35. The molecule has 2 rings (SSSR count). The number of carbonyl (C=O) groups is 2. The lowest BCUT2D eigenvalue weighted by Gasteiger charge is -2.18. The van der Waals surface area contributed by atoms with Crippen molar-refractivity contribution in [3.8, 4) is 0 Å². The molecule has 96 valence electrons. The first-order valence-corrected chi connectivity index (χ1v) is 5.41. The Morgan fingerprint density at radius 2 is 2.00 bits per heavy atom. The minimum absolute atomic E-state index is 0.197. The van der Waals surface area contributed by atoms with Crippen LogP contribution in [0.15, 0.2) is 18.2 Å². The Balaban J connectivity index is 2.16. The van der Waals surface area contributed by atoms with Gasteiger partial charge in [-0.1, -0.05) is 6.07 Å². The maximum Gasteiger partial charge on any atom is 0.312 e. The number of halogens is 2. The van der Waals surface area contributed by atoms with Crippen molar-refractivity contribution < 1.29 is 23.5 Å². The van der Waals surface area contributed by atoms with Gasteiger partial charge in [0.1, 0.15) is 18.1 Å². The lowest BCUT2D eigenvalue weighted by Crippen LogP contribution is -2.36. The van der Waals surface area contributed by atoms with E-state index in [0.717, 1.165) is 12.1 Å². The molecule has 6 heteroatoms. The van der Waals surface area contributed by atoms with Crippen molar-refractivity contribution in [3.05, 3.63) is 35.4 Å². The summed E-state index contributed by atoms with van der Waals surface area (Å²) in [6, 6.07) is 3.14. The van der Waals surface area contributed by atoms with Gasteiger partial charge in [0.25, 0.3) is 0 Å². The van der Waals surface area contributed by atoms with E-state index in [1.807, 2.05) is 0 Å². The summed E-state index contributed by atoms with van der Waals surface area (Å²) < 4.78 is 26.4. The molecule has 1 amide bonds. The number of benzene rings is 1. The van der Waals surface area contributed by atoms with E-state index < -0.39 is 35.5 Å². The zero-order chi connectivity index (χ0) is 13.3. The van der Waals surface area contributed by atoms with E-state index in [9.17, 15) is 18.4 Å². The van der Waals surface area contributed by atoms with Crippen LogP contribution in [0.4, 0.5) is 8.78 Å². The van der Waals surface area contributed by atoms with Crippen molar-refractivity contribution >= 4 is 11.9 Å². The molecule has 0 spiro atoms. The highest BCUT2D eigenvalue weighted by atomic mass is 19.1. The largest absolute Gasteiger partial charge is 0.481 e. The second-order valence-electron chi connectivity index (χ2n) is 4.32. The number of amides is 1. The van der Waals surface area contributed by atoms with Crippen molar-refractivity contribution in [1.82, 2.24) is 5.32 Å². The second-order valence-corrected chi connectivity index (χ2v) is 4.32. The minimum atomic E-state index is -1.25. The molecule has 0 heterocycles. The van der Waals surface area contributed by atoms with Crippen LogP contribution < -0.4 is 5.32 Å². The number of aliphatic carboxylic acids is 1. The summed E-state index contributed by atoms with van der Waals surface area (Å²) in [5, 5.41) is 11.0. The zero-order valence-electron chi connectivity index (χ0n) is 9.37. The van der Waals surface area contributed by atoms with E-state index in [1.165, 1.54) is 6.07 Å². The van der Waals surface area contributed by atoms with E-state index >= 15 is 0 Å². The standard InChI is InChI=1S/C12H11F2NO3/c13-7-1-2-8(9(14)5-7)12(3-4-12)15-10(16)6-11(17)18/h1-2,5H,3-4,6H2,(H,15,16)(H,17,18). The minimum Gasteiger partial charge on any atom is -0.481 e. The van der Waals surface area contributed by atoms with Gasteiger partial charge in [-0.2, -0.15) is 0 Å². The normalized spacial score (nSPS) is 16.1. The Morgan fingerprint density at radius 3 is 2.50 bits per heavy atom. The molecule has 2 N–H and O–H groups in total. The van der Waals surface area contributed by atoms with E-state index in [-0.39, 0.29) is 5.56 Å². The first-order valence-electron chi connectivity index (χ1n) is 5.41. The molecule has 1 aromatic rings. The monoisotopic (exact) mass is 255 g/mol. The summed E-state index contributed by atoms with van der Waals surface area (Å²) in [5.41, 5.74) is -0.674. The molecule has 18 heavy (non-hydrogen) atoms. The maximum absolute atomic E-state index is 13.6. The molecule has 0 aromatic heterocycles. The maximum atomic E-state index is 13.6. The molecule has 0 radical (unpaired) electrons. The number of hydrogen-bond acceptors (Lipinski definition) is 2. The van der Waals surface area contributed by atoms with Gasteiger partial charge in [-0.25, -0.2) is 8.78 Å². The Bertz CT molecular complexity index is 512. The van der Waals surface area contributed by atoms with E-state index in [1.54, 1.807) is 0 Å². The third-order valence-electron chi connectivity index (χ3n) is 2.89. The van der Waals surface area contributed by atoms with Gasteiger partial charge < -0.3 is 10.4 Å². The predicted molar refractivity (Wildman–Crippen MR) is 57.7 cm³/mol. The summed E-state index contributed by atoms with van der Waals surface area (Å²) in [6.45, 7) is 0. The SMILES string of the molecule is O=C(O)CC(=O)NC1(c2ccc(F)cc2F)CC1.